The van der Waals surface area contributed by atoms with Crippen LogP contribution in [0.15, 0.2) is 44.3 Å². The third-order valence-corrected chi connectivity index (χ3v) is 5.57. The second kappa shape index (κ2) is 6.27. The molecule has 1 aromatic heterocycles. The summed E-state index contributed by atoms with van der Waals surface area (Å²) in [6.07, 6.45) is 0. The number of nitrogens with zero attached hydrogens (tertiary/aromatic N) is 1. The SMILES string of the molecule is CN(Cc1ccc(F)cc1)S(=O)(=O)c1cc(CN)oc1Br. The summed E-state index contributed by atoms with van der Waals surface area (Å²) in [5.41, 5.74) is 6.11. The minimum atomic E-state index is -3.72. The average molecular weight is 377 g/mol. The van der Waals surface area contributed by atoms with E-state index in [1.807, 2.05) is 0 Å². The molecule has 0 aliphatic carbocycles. The van der Waals surface area contributed by atoms with Gasteiger partial charge in [0.2, 0.25) is 10.0 Å². The van der Waals surface area contributed by atoms with Crippen molar-refractivity contribution in [3.05, 3.63) is 52.1 Å². The van der Waals surface area contributed by atoms with E-state index in [-0.39, 0.29) is 28.5 Å². The van der Waals surface area contributed by atoms with Gasteiger partial charge in [-0.05, 0) is 33.6 Å². The predicted octanol–water partition coefficient (Wildman–Crippen LogP) is 2.46. The number of hydrogen-bond donors (Lipinski definition) is 1. The summed E-state index contributed by atoms with van der Waals surface area (Å²) in [4.78, 5) is 0.0209. The van der Waals surface area contributed by atoms with E-state index in [1.165, 1.54) is 37.4 Å². The van der Waals surface area contributed by atoms with Crippen LogP contribution in [0.1, 0.15) is 11.3 Å². The molecule has 0 aliphatic rings. The summed E-state index contributed by atoms with van der Waals surface area (Å²) in [5.74, 6) is 0.00468. The number of benzene rings is 1. The Kier molecular flexibility index (Phi) is 4.82. The average Bonchev–Trinajstić information content (AvgIpc) is 2.83. The molecule has 8 heteroatoms. The zero-order valence-electron chi connectivity index (χ0n) is 11.2. The Morgan fingerprint density at radius 2 is 1.95 bits per heavy atom. The molecule has 5 nitrogen and oxygen atoms in total. The molecule has 1 aromatic carbocycles. The lowest BCUT2D eigenvalue weighted by Crippen LogP contribution is -2.26. The van der Waals surface area contributed by atoms with E-state index >= 15 is 0 Å². The number of rotatable bonds is 5. The van der Waals surface area contributed by atoms with Gasteiger partial charge >= 0.3 is 0 Å². The van der Waals surface area contributed by atoms with Crippen LogP contribution in [0.25, 0.3) is 0 Å². The Hall–Kier alpha value is -1.22. The minimum Gasteiger partial charge on any atom is -0.452 e. The molecule has 1 heterocycles. The maximum atomic E-state index is 12.9. The van der Waals surface area contributed by atoms with Crippen molar-refractivity contribution in [2.45, 2.75) is 18.0 Å². The molecular weight excluding hydrogens is 363 g/mol. The molecular formula is C13H14BrFN2O3S. The van der Waals surface area contributed by atoms with Gasteiger partial charge in [0.1, 0.15) is 16.5 Å². The van der Waals surface area contributed by atoms with E-state index in [2.05, 4.69) is 15.9 Å². The third-order valence-electron chi connectivity index (χ3n) is 2.91. The topological polar surface area (TPSA) is 76.5 Å². The van der Waals surface area contributed by atoms with Crippen LogP contribution in [0.2, 0.25) is 0 Å². The summed E-state index contributed by atoms with van der Waals surface area (Å²) in [6.45, 7) is 0.230. The Balaban J connectivity index is 2.25. The van der Waals surface area contributed by atoms with E-state index in [0.717, 1.165) is 4.31 Å². The van der Waals surface area contributed by atoms with Crippen molar-refractivity contribution in [1.82, 2.24) is 4.31 Å². The van der Waals surface area contributed by atoms with Crippen LogP contribution in [0.5, 0.6) is 0 Å². The van der Waals surface area contributed by atoms with Crippen molar-refractivity contribution in [1.29, 1.82) is 0 Å². The molecule has 0 radical (unpaired) electrons. The van der Waals surface area contributed by atoms with Crippen molar-refractivity contribution >= 4 is 26.0 Å². The van der Waals surface area contributed by atoms with E-state index in [1.54, 1.807) is 0 Å². The van der Waals surface area contributed by atoms with Crippen molar-refractivity contribution in [2.24, 2.45) is 5.73 Å². The fourth-order valence-electron chi connectivity index (χ4n) is 1.77. The Morgan fingerprint density at radius 1 is 1.33 bits per heavy atom. The Labute approximate surface area is 130 Å². The van der Waals surface area contributed by atoms with Gasteiger partial charge in [-0.1, -0.05) is 12.1 Å². The quantitative estimate of drug-likeness (QED) is 0.869. The molecule has 0 saturated heterocycles. The van der Waals surface area contributed by atoms with Gasteiger partial charge in [0, 0.05) is 19.7 Å². The lowest BCUT2D eigenvalue weighted by atomic mass is 10.2. The number of sulfonamides is 1. The number of hydrogen-bond acceptors (Lipinski definition) is 4. The second-order valence-electron chi connectivity index (χ2n) is 4.44. The predicted molar refractivity (Wildman–Crippen MR) is 79.4 cm³/mol. The van der Waals surface area contributed by atoms with Crippen LogP contribution >= 0.6 is 15.9 Å². The van der Waals surface area contributed by atoms with Crippen LogP contribution in [-0.2, 0) is 23.1 Å². The molecule has 0 saturated carbocycles. The highest BCUT2D eigenvalue weighted by molar-refractivity contribution is 9.10. The normalized spacial score (nSPS) is 12.0. The standard InChI is InChI=1S/C13H14BrFN2O3S/c1-17(8-9-2-4-10(15)5-3-9)21(18,19)12-6-11(7-16)20-13(12)14/h2-6H,7-8,16H2,1H3. The Morgan fingerprint density at radius 3 is 2.48 bits per heavy atom. The van der Waals surface area contributed by atoms with E-state index in [0.29, 0.717) is 11.3 Å². The van der Waals surface area contributed by atoms with Crippen LogP contribution in [-0.4, -0.2) is 19.8 Å². The number of furan rings is 1. The first-order chi connectivity index (χ1) is 9.84. The molecule has 0 aliphatic heterocycles. The molecule has 2 aromatic rings. The molecule has 21 heavy (non-hydrogen) atoms. The highest BCUT2D eigenvalue weighted by Gasteiger charge is 2.26. The van der Waals surface area contributed by atoms with Crippen LogP contribution in [0.4, 0.5) is 4.39 Å². The number of nitrogens with two attached hydrogens (primary N) is 1. The fraction of sp³-hybridized carbons (Fsp3) is 0.231. The van der Waals surface area contributed by atoms with E-state index < -0.39 is 10.0 Å². The zero-order chi connectivity index (χ0) is 15.6. The van der Waals surface area contributed by atoms with Gasteiger partial charge in [-0.15, -0.1) is 0 Å². The summed E-state index contributed by atoms with van der Waals surface area (Å²) in [7, 11) is -2.28. The molecule has 0 atom stereocenters. The third kappa shape index (κ3) is 3.52. The fourth-order valence-corrected chi connectivity index (χ4v) is 3.89. The van der Waals surface area contributed by atoms with Crippen molar-refractivity contribution in [3.63, 3.8) is 0 Å². The number of halogens is 2. The summed E-state index contributed by atoms with van der Waals surface area (Å²) in [6, 6.07) is 7.04. The zero-order valence-corrected chi connectivity index (χ0v) is 13.6. The largest absolute Gasteiger partial charge is 0.452 e. The summed E-state index contributed by atoms with van der Waals surface area (Å²) < 4.78 is 44.3. The van der Waals surface area contributed by atoms with Gasteiger partial charge < -0.3 is 10.2 Å². The van der Waals surface area contributed by atoms with Gasteiger partial charge in [0.05, 0.1) is 6.54 Å². The first-order valence-electron chi connectivity index (χ1n) is 6.03. The molecule has 2 rings (SSSR count). The molecule has 2 N–H and O–H groups in total. The molecule has 114 valence electrons. The van der Waals surface area contributed by atoms with Gasteiger partial charge in [-0.25, -0.2) is 12.8 Å². The Bertz CT molecular complexity index is 728. The van der Waals surface area contributed by atoms with Crippen LogP contribution in [0, 0.1) is 5.82 Å². The first-order valence-corrected chi connectivity index (χ1v) is 8.27. The maximum Gasteiger partial charge on any atom is 0.247 e. The van der Waals surface area contributed by atoms with Gasteiger partial charge in [0.15, 0.2) is 4.67 Å². The van der Waals surface area contributed by atoms with Crippen molar-refractivity contribution in [2.75, 3.05) is 7.05 Å². The van der Waals surface area contributed by atoms with Gasteiger partial charge in [-0.3, -0.25) is 0 Å². The van der Waals surface area contributed by atoms with Gasteiger partial charge in [0.25, 0.3) is 0 Å². The second-order valence-corrected chi connectivity index (χ2v) is 7.18. The molecule has 0 bridgehead atoms. The minimum absolute atomic E-state index is 0.0209. The lowest BCUT2D eigenvalue weighted by Gasteiger charge is -2.16. The molecule has 0 spiro atoms. The first kappa shape index (κ1) is 16.2. The van der Waals surface area contributed by atoms with Crippen LogP contribution in [0.3, 0.4) is 0 Å². The molecule has 0 amide bonds. The smallest absolute Gasteiger partial charge is 0.247 e. The van der Waals surface area contributed by atoms with Crippen molar-refractivity contribution in [3.8, 4) is 0 Å². The monoisotopic (exact) mass is 376 g/mol. The maximum absolute atomic E-state index is 12.9. The highest BCUT2D eigenvalue weighted by Crippen LogP contribution is 2.28. The van der Waals surface area contributed by atoms with E-state index in [4.69, 9.17) is 10.2 Å². The van der Waals surface area contributed by atoms with E-state index in [9.17, 15) is 12.8 Å². The van der Waals surface area contributed by atoms with Gasteiger partial charge in [-0.2, -0.15) is 4.31 Å². The molecule has 0 fully saturated rings. The van der Waals surface area contributed by atoms with Crippen LogP contribution < -0.4 is 5.73 Å². The molecule has 0 unspecified atom stereocenters. The summed E-state index contributed by atoms with van der Waals surface area (Å²) in [5, 5.41) is 0. The van der Waals surface area contributed by atoms with Crippen molar-refractivity contribution < 1.29 is 17.2 Å². The summed E-state index contributed by atoms with van der Waals surface area (Å²) >= 11 is 3.08. The highest BCUT2D eigenvalue weighted by atomic mass is 79.9. The lowest BCUT2D eigenvalue weighted by molar-refractivity contribution is 0.457.